The predicted octanol–water partition coefficient (Wildman–Crippen LogP) is 4.67. The molecule has 0 saturated carbocycles. The van der Waals surface area contributed by atoms with E-state index < -0.39 is 29.2 Å². The summed E-state index contributed by atoms with van der Waals surface area (Å²) in [5, 5.41) is 14.2. The summed E-state index contributed by atoms with van der Waals surface area (Å²) in [4.78, 5) is 39.7. The van der Waals surface area contributed by atoms with Gasteiger partial charge in [0, 0.05) is 24.5 Å². The maximum absolute atomic E-state index is 13.6. The van der Waals surface area contributed by atoms with Crippen molar-refractivity contribution in [1.29, 1.82) is 0 Å². The Kier molecular flexibility index (Phi) is 8.46. The molecule has 11 nitrogen and oxygen atoms in total. The lowest BCUT2D eigenvalue weighted by Crippen LogP contribution is -2.70. The number of nitro benzene ring substituents is 1. The van der Waals surface area contributed by atoms with E-state index in [9.17, 15) is 24.3 Å². The van der Waals surface area contributed by atoms with Crippen molar-refractivity contribution in [2.75, 3.05) is 18.9 Å². The van der Waals surface area contributed by atoms with Crippen molar-refractivity contribution in [2.24, 2.45) is 4.99 Å². The molecule has 2 aromatic carbocycles. The first-order valence-electron chi connectivity index (χ1n) is 12.3. The van der Waals surface area contributed by atoms with Crippen LogP contribution in [-0.2, 0) is 30.0 Å². The number of ether oxygens (including phenoxy) is 2. The van der Waals surface area contributed by atoms with Gasteiger partial charge in [-0.05, 0) is 36.8 Å². The fraction of sp³-hybridized carbons (Fsp3) is 0.346. The molecule has 4 rings (SSSR count). The lowest BCUT2D eigenvalue weighted by molar-refractivity contribution is -0.384. The van der Waals surface area contributed by atoms with Crippen LogP contribution in [0.4, 0.5) is 5.69 Å². The molecule has 0 radical (unpaired) electrons. The average molecular weight is 574 g/mol. The van der Waals surface area contributed by atoms with Crippen LogP contribution < -0.4 is 10.1 Å². The minimum absolute atomic E-state index is 0.000372. The Morgan fingerprint density at radius 3 is 2.38 bits per heavy atom. The van der Waals surface area contributed by atoms with E-state index in [1.54, 1.807) is 26.0 Å². The van der Waals surface area contributed by atoms with Gasteiger partial charge in [0.1, 0.15) is 35.3 Å². The molecule has 13 heteroatoms. The number of thioether (sulfide) groups is 1. The molecule has 2 atom stereocenters. The van der Waals surface area contributed by atoms with Crippen LogP contribution in [0.2, 0.25) is 0 Å². The number of nitro groups is 1. The van der Waals surface area contributed by atoms with E-state index in [0.717, 1.165) is 11.8 Å². The van der Waals surface area contributed by atoms with Gasteiger partial charge in [-0.3, -0.25) is 24.5 Å². The monoisotopic (exact) mass is 573 g/mol. The summed E-state index contributed by atoms with van der Waals surface area (Å²) in [6.45, 7) is 4.90. The van der Waals surface area contributed by atoms with Crippen LogP contribution in [0.15, 0.2) is 70.9 Å². The van der Waals surface area contributed by atoms with E-state index in [4.69, 9.17) is 14.0 Å². The number of esters is 1. The van der Waals surface area contributed by atoms with E-state index in [1.807, 2.05) is 18.2 Å². The predicted molar refractivity (Wildman–Crippen MR) is 147 cm³/mol. The quantitative estimate of drug-likeness (QED) is 0.0728. The zero-order chi connectivity index (χ0) is 28.2. The Hall–Kier alpha value is -3.63. The summed E-state index contributed by atoms with van der Waals surface area (Å²) in [6, 6.07) is 13.8. The maximum Gasteiger partial charge on any atom is 0.341 e. The molecule has 0 aliphatic carbocycles. The second-order valence-corrected chi connectivity index (χ2v) is 13.2. The number of hydrogen-bond donors (Lipinski definition) is 1. The number of hydrogen-bond acceptors (Lipinski definition) is 10. The van der Waals surface area contributed by atoms with Crippen molar-refractivity contribution in [2.45, 2.75) is 38.3 Å². The van der Waals surface area contributed by atoms with Crippen LogP contribution in [0.3, 0.4) is 0 Å². The number of carbonyl (C=O) groups is 2. The minimum atomic E-state index is -3.09. The highest BCUT2D eigenvalue weighted by molar-refractivity contribution is 8.15. The Bertz CT molecular complexity index is 1370. The lowest BCUT2D eigenvalue weighted by Gasteiger charge is -2.43. The molecular formula is C26H28N3O8PS. The van der Waals surface area contributed by atoms with Crippen molar-refractivity contribution >= 4 is 41.7 Å². The zero-order valence-electron chi connectivity index (χ0n) is 21.6. The number of rotatable bonds is 12. The summed E-state index contributed by atoms with van der Waals surface area (Å²) in [7, 11) is -3.09. The first-order chi connectivity index (χ1) is 18.6. The molecule has 0 aromatic heterocycles. The highest BCUT2D eigenvalue weighted by atomic mass is 32.2. The third kappa shape index (κ3) is 6.02. The Morgan fingerprint density at radius 2 is 1.79 bits per heavy atom. The van der Waals surface area contributed by atoms with Gasteiger partial charge >= 0.3 is 5.97 Å². The largest absolute Gasteiger partial charge is 0.487 e. The molecular weight excluding hydrogens is 545 g/mol. The maximum atomic E-state index is 13.6. The number of amides is 1. The number of nitrogens with one attached hydrogen (secondary N) is 1. The number of allylic oxidation sites excluding steroid dienone is 1. The van der Waals surface area contributed by atoms with Crippen molar-refractivity contribution < 1.29 is 33.1 Å². The standard InChI is InChI=1S/C26H28N3O8PS/c1-4-38(34,5-2)37-17(3)22(25(31)36-15-18-11-13-19(14-12-18)29(32)33)26-23(24(30)28-26)27-21(39-26)16-35-20-9-7-6-8-10-20/h6-14,23H,4-5,15-16H2,1-3H3,(H,28,30). The molecule has 0 bridgehead atoms. The van der Waals surface area contributed by atoms with Gasteiger partial charge < -0.3 is 19.3 Å². The number of nitrogens with zero attached hydrogens (tertiary/aromatic N) is 2. The number of aliphatic imine (C=N–C) groups is 1. The van der Waals surface area contributed by atoms with Crippen LogP contribution in [0.1, 0.15) is 26.3 Å². The molecule has 2 aromatic rings. The van der Waals surface area contributed by atoms with Gasteiger partial charge in [-0.1, -0.05) is 43.8 Å². The average Bonchev–Trinajstić information content (AvgIpc) is 3.23. The topological polar surface area (TPSA) is 146 Å². The van der Waals surface area contributed by atoms with E-state index in [0.29, 0.717) is 16.4 Å². The molecule has 1 amide bonds. The van der Waals surface area contributed by atoms with E-state index in [1.165, 1.54) is 31.2 Å². The number of non-ortho nitro benzene ring substituents is 1. The van der Waals surface area contributed by atoms with E-state index in [2.05, 4.69) is 10.3 Å². The highest BCUT2D eigenvalue weighted by Gasteiger charge is 2.64. The summed E-state index contributed by atoms with van der Waals surface area (Å²) >= 11 is 1.15. The lowest BCUT2D eigenvalue weighted by atomic mass is 9.90. The van der Waals surface area contributed by atoms with Gasteiger partial charge in [0.15, 0.2) is 10.9 Å². The number of benzene rings is 2. The number of fused-ring (bicyclic) bond motifs is 1. The van der Waals surface area contributed by atoms with Crippen LogP contribution in [0.25, 0.3) is 0 Å². The van der Waals surface area contributed by atoms with Crippen LogP contribution in [-0.4, -0.2) is 51.7 Å². The smallest absolute Gasteiger partial charge is 0.341 e. The molecule has 206 valence electrons. The third-order valence-electron chi connectivity index (χ3n) is 6.31. The first kappa shape index (κ1) is 28.4. The number of para-hydroxylation sites is 1. The van der Waals surface area contributed by atoms with Gasteiger partial charge in [-0.2, -0.15) is 0 Å². The fourth-order valence-electron chi connectivity index (χ4n) is 4.13. The van der Waals surface area contributed by atoms with Gasteiger partial charge in [0.05, 0.1) is 4.92 Å². The van der Waals surface area contributed by atoms with Gasteiger partial charge in [-0.15, -0.1) is 0 Å². The molecule has 39 heavy (non-hydrogen) atoms. The summed E-state index contributed by atoms with van der Waals surface area (Å²) in [5.41, 5.74) is 0.437. The van der Waals surface area contributed by atoms with Gasteiger partial charge in [-0.25, -0.2) is 4.79 Å². The minimum Gasteiger partial charge on any atom is -0.487 e. The van der Waals surface area contributed by atoms with Gasteiger partial charge in [0.25, 0.3) is 5.69 Å². The summed E-state index contributed by atoms with van der Waals surface area (Å²) < 4.78 is 30.4. The molecule has 1 fully saturated rings. The van der Waals surface area contributed by atoms with E-state index >= 15 is 0 Å². The normalized spacial score (nSPS) is 20.5. The molecule has 2 aliphatic rings. The second-order valence-electron chi connectivity index (χ2n) is 8.82. The molecule has 0 spiro atoms. The number of β-lactam (4-membered cyclic amide) rings is 1. The van der Waals surface area contributed by atoms with Gasteiger partial charge in [0.2, 0.25) is 13.3 Å². The third-order valence-corrected chi connectivity index (χ3v) is 10.2. The number of carbonyl (C=O) groups excluding carboxylic acids is 2. The van der Waals surface area contributed by atoms with Crippen molar-refractivity contribution in [3.05, 3.63) is 81.6 Å². The zero-order valence-corrected chi connectivity index (χ0v) is 23.3. The Labute approximate surface area is 229 Å². The molecule has 1 saturated heterocycles. The van der Waals surface area contributed by atoms with Crippen molar-refractivity contribution in [3.8, 4) is 5.75 Å². The van der Waals surface area contributed by atoms with E-state index in [-0.39, 0.29) is 48.5 Å². The van der Waals surface area contributed by atoms with Crippen LogP contribution >= 0.6 is 19.1 Å². The second kappa shape index (κ2) is 11.6. The Balaban J connectivity index is 1.60. The molecule has 2 unspecified atom stereocenters. The van der Waals surface area contributed by atoms with Crippen LogP contribution in [0.5, 0.6) is 5.75 Å². The van der Waals surface area contributed by atoms with Crippen molar-refractivity contribution in [3.63, 3.8) is 0 Å². The molecule has 1 N–H and O–H groups in total. The molecule has 2 aliphatic heterocycles. The SMILES string of the molecule is CCP(=O)(CC)OC(C)=C(C(=O)OCc1ccc([N+](=O)[O-])cc1)C12NC(=O)C1N=C(COc1ccccc1)S2. The highest BCUT2D eigenvalue weighted by Crippen LogP contribution is 2.53. The Morgan fingerprint density at radius 1 is 1.13 bits per heavy atom. The fourth-order valence-corrected chi connectivity index (χ4v) is 6.83. The summed E-state index contributed by atoms with van der Waals surface area (Å²) in [5.74, 6) is -0.464. The van der Waals surface area contributed by atoms with Crippen LogP contribution in [0, 0.1) is 10.1 Å². The summed E-state index contributed by atoms with van der Waals surface area (Å²) in [6.07, 6.45) is 0.517. The van der Waals surface area contributed by atoms with Crippen molar-refractivity contribution in [1.82, 2.24) is 5.32 Å². The first-order valence-corrected chi connectivity index (χ1v) is 15.1. The molecule has 2 heterocycles.